The Bertz CT molecular complexity index is 280. The number of carbonyl (C=O) groups is 1. The van der Waals surface area contributed by atoms with E-state index in [-0.39, 0.29) is 0 Å². The third-order valence-corrected chi connectivity index (χ3v) is 2.73. The Morgan fingerprint density at radius 1 is 1.33 bits per heavy atom. The molecule has 0 aromatic heterocycles. The van der Waals surface area contributed by atoms with Gasteiger partial charge in [-0.15, -0.1) is 0 Å². The van der Waals surface area contributed by atoms with E-state index in [1.54, 1.807) is 0 Å². The molecule has 7 heteroatoms. The van der Waals surface area contributed by atoms with Gasteiger partial charge in [0.15, 0.2) is 6.10 Å². The van der Waals surface area contributed by atoms with Gasteiger partial charge in [0.05, 0.1) is 6.04 Å². The van der Waals surface area contributed by atoms with Gasteiger partial charge >= 0.3 is 6.18 Å². The second kappa shape index (κ2) is 6.38. The lowest BCUT2D eigenvalue weighted by Gasteiger charge is -2.27. The summed E-state index contributed by atoms with van der Waals surface area (Å²) in [5.74, 6) is -0.392. The van der Waals surface area contributed by atoms with Crippen molar-refractivity contribution in [1.29, 1.82) is 0 Å². The third kappa shape index (κ3) is 6.20. The van der Waals surface area contributed by atoms with Crippen molar-refractivity contribution in [1.82, 2.24) is 10.6 Å². The number of nitrogens with one attached hydrogen (secondary N) is 2. The van der Waals surface area contributed by atoms with E-state index in [9.17, 15) is 18.0 Å². The van der Waals surface area contributed by atoms with Crippen molar-refractivity contribution in [2.24, 2.45) is 0 Å². The van der Waals surface area contributed by atoms with E-state index >= 15 is 0 Å². The van der Waals surface area contributed by atoms with Gasteiger partial charge in [-0.3, -0.25) is 4.79 Å². The third-order valence-electron chi connectivity index (χ3n) is 2.73. The van der Waals surface area contributed by atoms with E-state index in [1.165, 1.54) is 6.92 Å². The minimum Gasteiger partial charge on any atom is -0.382 e. The molecule has 0 saturated heterocycles. The molecule has 0 aliphatic heterocycles. The molecule has 108 valence electrons. The summed E-state index contributed by atoms with van der Waals surface area (Å²) in [7, 11) is 0. The lowest BCUT2D eigenvalue weighted by Crippen LogP contribution is -2.52. The van der Waals surface area contributed by atoms with E-state index in [0.29, 0.717) is 6.42 Å². The zero-order valence-corrected chi connectivity index (χ0v) is 11.1. The summed E-state index contributed by atoms with van der Waals surface area (Å²) in [5.41, 5.74) is -0.407. The largest absolute Gasteiger partial charge is 0.415 e. The molecule has 3 N–H and O–H groups in total. The Balaban J connectivity index is 4.18. The topological polar surface area (TPSA) is 61.4 Å². The van der Waals surface area contributed by atoms with Crippen LogP contribution in [-0.4, -0.2) is 41.4 Å². The number of amides is 1. The number of hydrogen-bond donors (Lipinski definition) is 3. The maximum Gasteiger partial charge on any atom is 0.415 e. The molecule has 0 bridgehead atoms. The molecule has 0 aromatic rings. The molecular formula is C11H21F3N2O2. The normalized spacial score (nSPS) is 16.2. The standard InChI is InChI=1S/C11H21F3N2O2/c1-5-10(3,4)16-9(18)7(2)15-6-8(17)11(12,13)14/h7-8,15,17H,5-6H2,1-4H3,(H,16,18). The van der Waals surface area contributed by atoms with Crippen molar-refractivity contribution in [3.05, 3.63) is 0 Å². The molecular weight excluding hydrogens is 249 g/mol. The molecule has 2 atom stereocenters. The fraction of sp³-hybridized carbons (Fsp3) is 0.909. The van der Waals surface area contributed by atoms with Crippen molar-refractivity contribution in [3.8, 4) is 0 Å². The summed E-state index contributed by atoms with van der Waals surface area (Å²) < 4.78 is 36.1. The van der Waals surface area contributed by atoms with Gasteiger partial charge in [-0.05, 0) is 27.2 Å². The maximum absolute atomic E-state index is 12.0. The van der Waals surface area contributed by atoms with Crippen LogP contribution in [0, 0.1) is 0 Å². The number of rotatable bonds is 6. The molecule has 0 heterocycles. The van der Waals surface area contributed by atoms with Gasteiger partial charge in [-0.25, -0.2) is 0 Å². The van der Waals surface area contributed by atoms with Crippen LogP contribution in [0.4, 0.5) is 13.2 Å². The summed E-state index contributed by atoms with van der Waals surface area (Å²) >= 11 is 0. The highest BCUT2D eigenvalue weighted by Gasteiger charge is 2.38. The molecule has 1 amide bonds. The number of alkyl halides is 3. The van der Waals surface area contributed by atoms with Gasteiger partial charge in [-0.1, -0.05) is 6.92 Å². The number of carbonyl (C=O) groups excluding carboxylic acids is 1. The van der Waals surface area contributed by atoms with E-state index in [0.717, 1.165) is 0 Å². The quantitative estimate of drug-likeness (QED) is 0.679. The molecule has 0 radical (unpaired) electrons. The van der Waals surface area contributed by atoms with Crippen LogP contribution < -0.4 is 10.6 Å². The fourth-order valence-corrected chi connectivity index (χ4v) is 1.03. The first-order valence-corrected chi connectivity index (χ1v) is 5.80. The molecule has 0 spiro atoms. The van der Waals surface area contributed by atoms with Crippen molar-refractivity contribution in [2.45, 2.75) is 58.0 Å². The van der Waals surface area contributed by atoms with E-state index in [2.05, 4.69) is 10.6 Å². The maximum atomic E-state index is 12.0. The Labute approximate surface area is 105 Å². The summed E-state index contributed by atoms with van der Waals surface area (Å²) in [6, 6.07) is -0.798. The van der Waals surface area contributed by atoms with Crippen LogP contribution in [0.5, 0.6) is 0 Å². The Morgan fingerprint density at radius 2 is 1.83 bits per heavy atom. The van der Waals surface area contributed by atoms with Gasteiger partial charge in [0.25, 0.3) is 0 Å². The minimum atomic E-state index is -4.67. The van der Waals surface area contributed by atoms with Gasteiger partial charge in [0, 0.05) is 12.1 Å². The smallest absolute Gasteiger partial charge is 0.382 e. The van der Waals surface area contributed by atoms with Gasteiger partial charge < -0.3 is 15.7 Å². The highest BCUT2D eigenvalue weighted by atomic mass is 19.4. The summed E-state index contributed by atoms with van der Waals surface area (Å²) in [4.78, 5) is 11.6. The van der Waals surface area contributed by atoms with Gasteiger partial charge in [0.1, 0.15) is 0 Å². The second-order valence-electron chi connectivity index (χ2n) is 4.91. The molecule has 0 aliphatic rings. The molecule has 0 rings (SSSR count). The Morgan fingerprint density at radius 3 is 2.22 bits per heavy atom. The molecule has 0 aromatic carbocycles. The minimum absolute atomic E-state index is 0.392. The summed E-state index contributed by atoms with van der Waals surface area (Å²) in [5, 5.41) is 13.8. The number of hydrogen-bond acceptors (Lipinski definition) is 3. The van der Waals surface area contributed by atoms with Gasteiger partial charge in [-0.2, -0.15) is 13.2 Å². The van der Waals surface area contributed by atoms with Crippen LogP contribution in [0.3, 0.4) is 0 Å². The zero-order chi connectivity index (χ0) is 14.6. The van der Waals surface area contributed by atoms with Crippen molar-refractivity contribution >= 4 is 5.91 Å². The predicted octanol–water partition coefficient (Wildman–Crippen LogP) is 1.19. The van der Waals surface area contributed by atoms with Crippen LogP contribution >= 0.6 is 0 Å². The average molecular weight is 270 g/mol. The van der Waals surface area contributed by atoms with Crippen LogP contribution in [0.1, 0.15) is 34.1 Å². The second-order valence-corrected chi connectivity index (χ2v) is 4.91. The van der Waals surface area contributed by atoms with E-state index in [4.69, 9.17) is 5.11 Å². The highest BCUT2D eigenvalue weighted by Crippen LogP contribution is 2.19. The molecule has 2 unspecified atom stereocenters. The molecule has 18 heavy (non-hydrogen) atoms. The first kappa shape index (κ1) is 17.2. The number of halogens is 3. The monoisotopic (exact) mass is 270 g/mol. The van der Waals surface area contributed by atoms with E-state index < -0.39 is 36.3 Å². The predicted molar refractivity (Wildman–Crippen MR) is 62.0 cm³/mol. The number of aliphatic hydroxyl groups is 1. The molecule has 0 aliphatic carbocycles. The lowest BCUT2D eigenvalue weighted by molar-refractivity contribution is -0.202. The van der Waals surface area contributed by atoms with Crippen molar-refractivity contribution in [2.75, 3.05) is 6.54 Å². The van der Waals surface area contributed by atoms with Crippen LogP contribution in [0.25, 0.3) is 0 Å². The SMILES string of the molecule is CCC(C)(C)NC(=O)C(C)NCC(O)C(F)(F)F. The van der Waals surface area contributed by atoms with Crippen LogP contribution in [0.2, 0.25) is 0 Å². The summed E-state index contributed by atoms with van der Waals surface area (Å²) in [6.07, 6.45) is -6.44. The van der Waals surface area contributed by atoms with E-state index in [1.807, 2.05) is 20.8 Å². The lowest BCUT2D eigenvalue weighted by atomic mass is 10.0. The Hall–Kier alpha value is -0.820. The highest BCUT2D eigenvalue weighted by molar-refractivity contribution is 5.81. The van der Waals surface area contributed by atoms with Crippen LogP contribution in [0.15, 0.2) is 0 Å². The molecule has 0 fully saturated rings. The summed E-state index contributed by atoms with van der Waals surface area (Å²) in [6.45, 7) is 6.28. The first-order valence-electron chi connectivity index (χ1n) is 5.80. The fourth-order valence-electron chi connectivity index (χ4n) is 1.03. The first-order chi connectivity index (χ1) is 7.99. The average Bonchev–Trinajstić information content (AvgIpc) is 2.23. The van der Waals surface area contributed by atoms with Crippen molar-refractivity contribution in [3.63, 3.8) is 0 Å². The molecule has 4 nitrogen and oxygen atoms in total. The zero-order valence-electron chi connectivity index (χ0n) is 11.1. The van der Waals surface area contributed by atoms with Gasteiger partial charge in [0.2, 0.25) is 5.91 Å². The van der Waals surface area contributed by atoms with Crippen LogP contribution in [-0.2, 0) is 4.79 Å². The molecule has 0 saturated carbocycles. The number of aliphatic hydroxyl groups excluding tert-OH is 1. The van der Waals surface area contributed by atoms with Crippen molar-refractivity contribution < 1.29 is 23.1 Å². The Kier molecular flexibility index (Phi) is 6.09.